The molecule has 2 aromatic rings. The maximum Gasteiger partial charge on any atom is 0.339 e. The molecule has 0 aliphatic carbocycles. The lowest BCUT2D eigenvalue weighted by Crippen LogP contribution is -2.08. The van der Waals surface area contributed by atoms with Gasteiger partial charge < -0.3 is 9.72 Å². The Kier molecular flexibility index (Phi) is 4.10. The van der Waals surface area contributed by atoms with Crippen LogP contribution in [-0.2, 0) is 4.74 Å². The van der Waals surface area contributed by atoms with E-state index in [1.54, 1.807) is 13.0 Å². The number of nitrogens with zero attached hydrogens (tertiary/aromatic N) is 1. The highest BCUT2D eigenvalue weighted by Crippen LogP contribution is 2.25. The molecule has 0 aliphatic rings. The van der Waals surface area contributed by atoms with E-state index in [0.717, 1.165) is 4.88 Å². The molecular weight excluding hydrogens is 280 g/mol. The lowest BCUT2D eigenvalue weighted by atomic mass is 10.1. The number of hydrogen-bond acceptors (Lipinski definition) is 5. The van der Waals surface area contributed by atoms with Crippen molar-refractivity contribution in [2.75, 3.05) is 6.61 Å². The van der Waals surface area contributed by atoms with Crippen LogP contribution in [0, 0.1) is 16.0 Å². The number of esters is 1. The first-order valence-corrected chi connectivity index (χ1v) is 6.84. The van der Waals surface area contributed by atoms with Gasteiger partial charge >= 0.3 is 5.97 Å². The lowest BCUT2D eigenvalue weighted by Gasteiger charge is -2.06. The van der Waals surface area contributed by atoms with Crippen molar-refractivity contribution in [1.82, 2.24) is 4.98 Å². The Morgan fingerprint density at radius 3 is 3.00 bits per heavy atom. The molecule has 0 aromatic carbocycles. The van der Waals surface area contributed by atoms with Crippen LogP contribution in [0.4, 0.5) is 0 Å². The number of H-pyrrole nitrogens is 1. The number of ether oxygens (including phenoxy) is 1. The number of carbonyl (C=O) groups is 1. The van der Waals surface area contributed by atoms with Crippen LogP contribution >= 0.6 is 23.6 Å². The van der Waals surface area contributed by atoms with Crippen molar-refractivity contribution >= 4 is 29.5 Å². The Morgan fingerprint density at radius 1 is 1.63 bits per heavy atom. The van der Waals surface area contributed by atoms with Crippen molar-refractivity contribution in [3.63, 3.8) is 0 Å². The topological polar surface area (TPSA) is 65.9 Å². The first-order valence-electron chi connectivity index (χ1n) is 5.55. The molecule has 1 N–H and O–H groups in total. The molecule has 0 atom stereocenters. The number of aromatic amines is 1. The van der Waals surface area contributed by atoms with Crippen molar-refractivity contribution in [3.05, 3.63) is 39.3 Å². The minimum absolute atomic E-state index is 0.147. The summed E-state index contributed by atoms with van der Waals surface area (Å²) in [6, 6.07) is 7.36. The number of hydrogen-bond donors (Lipinski definition) is 1. The van der Waals surface area contributed by atoms with Crippen LogP contribution in [0.15, 0.2) is 23.6 Å². The van der Waals surface area contributed by atoms with Gasteiger partial charge in [0.2, 0.25) is 0 Å². The first-order chi connectivity index (χ1) is 9.17. The largest absolute Gasteiger partial charge is 0.462 e. The van der Waals surface area contributed by atoms with Crippen molar-refractivity contribution in [2.45, 2.75) is 6.92 Å². The predicted octanol–water partition coefficient (Wildman–Crippen LogP) is 3.52. The minimum Gasteiger partial charge on any atom is -0.462 e. The maximum absolute atomic E-state index is 11.9. The summed E-state index contributed by atoms with van der Waals surface area (Å²) in [5.41, 5.74) is 1.06. The van der Waals surface area contributed by atoms with Crippen molar-refractivity contribution in [1.29, 1.82) is 5.26 Å². The first kappa shape index (κ1) is 13.5. The number of thiophene rings is 1. The standard InChI is InChI=1S/C13H10N2O2S2/c1-2-17-13(16)8-6-10(11-4-3-5-19-11)15-12(18)9(8)7-14/h3-6H,2H2,1H3,(H,15,18). The SMILES string of the molecule is CCOC(=O)c1cc(-c2cccs2)[nH]c(=S)c1C#N. The summed E-state index contributed by atoms with van der Waals surface area (Å²) in [7, 11) is 0. The lowest BCUT2D eigenvalue weighted by molar-refractivity contribution is 0.0526. The van der Waals surface area contributed by atoms with Crippen LogP contribution in [0.25, 0.3) is 10.6 Å². The van der Waals surface area contributed by atoms with Gasteiger partial charge in [-0.3, -0.25) is 0 Å². The number of nitrogens with one attached hydrogen (secondary N) is 1. The zero-order chi connectivity index (χ0) is 13.8. The molecule has 0 saturated heterocycles. The number of aromatic nitrogens is 1. The van der Waals surface area contributed by atoms with Gasteiger partial charge in [-0.1, -0.05) is 18.3 Å². The fourth-order valence-electron chi connectivity index (χ4n) is 1.61. The molecule has 0 unspecified atom stereocenters. The normalized spacial score (nSPS) is 9.89. The zero-order valence-electron chi connectivity index (χ0n) is 10.1. The van der Waals surface area contributed by atoms with E-state index in [1.165, 1.54) is 11.3 Å². The molecule has 0 bridgehead atoms. The second-order valence-corrected chi connectivity index (χ2v) is 4.97. The highest BCUT2D eigenvalue weighted by atomic mass is 32.1. The Balaban J connectivity index is 2.61. The molecule has 2 rings (SSSR count). The molecule has 2 heterocycles. The smallest absolute Gasteiger partial charge is 0.339 e. The summed E-state index contributed by atoms with van der Waals surface area (Å²) in [6.45, 7) is 1.97. The van der Waals surface area contributed by atoms with Gasteiger partial charge in [0.1, 0.15) is 16.3 Å². The second-order valence-electron chi connectivity index (χ2n) is 3.61. The third kappa shape index (κ3) is 2.72. The van der Waals surface area contributed by atoms with Crippen LogP contribution in [-0.4, -0.2) is 17.6 Å². The molecule has 0 fully saturated rings. The Hall–Kier alpha value is -1.97. The molecule has 0 saturated carbocycles. The molecule has 0 amide bonds. The molecule has 6 heteroatoms. The highest BCUT2D eigenvalue weighted by Gasteiger charge is 2.16. The average Bonchev–Trinajstić information content (AvgIpc) is 2.92. The summed E-state index contributed by atoms with van der Waals surface area (Å²) < 4.78 is 5.20. The summed E-state index contributed by atoms with van der Waals surface area (Å²) in [6.07, 6.45) is 0. The molecule has 19 heavy (non-hydrogen) atoms. The van der Waals surface area contributed by atoms with Gasteiger partial charge in [-0.25, -0.2) is 4.79 Å². The number of nitriles is 1. The number of pyridine rings is 1. The predicted molar refractivity (Wildman–Crippen MR) is 75.6 cm³/mol. The number of rotatable bonds is 3. The summed E-state index contributed by atoms with van der Waals surface area (Å²) in [5.74, 6) is -0.531. The third-order valence-electron chi connectivity index (χ3n) is 2.43. The van der Waals surface area contributed by atoms with Crippen LogP contribution < -0.4 is 0 Å². The number of carbonyl (C=O) groups excluding carboxylic acids is 1. The van der Waals surface area contributed by atoms with Crippen molar-refractivity contribution in [2.24, 2.45) is 0 Å². The van der Waals surface area contributed by atoms with Crippen LogP contribution in [0.2, 0.25) is 0 Å². The van der Waals surface area contributed by atoms with E-state index in [2.05, 4.69) is 4.98 Å². The van der Waals surface area contributed by atoms with Crippen LogP contribution in [0.5, 0.6) is 0 Å². The highest BCUT2D eigenvalue weighted by molar-refractivity contribution is 7.71. The Labute approximate surface area is 119 Å². The van der Waals surface area contributed by atoms with Crippen LogP contribution in [0.1, 0.15) is 22.8 Å². The molecule has 0 aliphatic heterocycles. The molecule has 4 nitrogen and oxygen atoms in total. The second kappa shape index (κ2) is 5.78. The van der Waals surface area contributed by atoms with E-state index in [-0.39, 0.29) is 22.4 Å². The van der Waals surface area contributed by atoms with E-state index in [4.69, 9.17) is 22.2 Å². The average molecular weight is 290 g/mol. The monoisotopic (exact) mass is 290 g/mol. The van der Waals surface area contributed by atoms with Crippen molar-refractivity contribution in [3.8, 4) is 16.6 Å². The van der Waals surface area contributed by atoms with Gasteiger partial charge in [0.15, 0.2) is 0 Å². The van der Waals surface area contributed by atoms with E-state index >= 15 is 0 Å². The molecular formula is C13H10N2O2S2. The van der Waals surface area contributed by atoms with Gasteiger partial charge in [0.05, 0.1) is 22.7 Å². The van der Waals surface area contributed by atoms with E-state index in [9.17, 15) is 4.79 Å². The zero-order valence-corrected chi connectivity index (χ0v) is 11.7. The van der Waals surface area contributed by atoms with Crippen molar-refractivity contribution < 1.29 is 9.53 Å². The maximum atomic E-state index is 11.9. The Morgan fingerprint density at radius 2 is 2.42 bits per heavy atom. The van der Waals surface area contributed by atoms with E-state index < -0.39 is 5.97 Å². The fraction of sp³-hybridized carbons (Fsp3) is 0.154. The van der Waals surface area contributed by atoms with Gasteiger partial charge in [-0.2, -0.15) is 5.26 Å². The summed E-state index contributed by atoms with van der Waals surface area (Å²) in [5, 5.41) is 11.0. The van der Waals surface area contributed by atoms with Crippen LogP contribution in [0.3, 0.4) is 0 Å². The third-order valence-corrected chi connectivity index (χ3v) is 3.64. The fourth-order valence-corrected chi connectivity index (χ4v) is 2.57. The Bertz CT molecular complexity index is 696. The summed E-state index contributed by atoms with van der Waals surface area (Å²) in [4.78, 5) is 15.8. The van der Waals surface area contributed by atoms with Gasteiger partial charge in [-0.15, -0.1) is 11.3 Å². The molecule has 0 spiro atoms. The summed E-state index contributed by atoms with van der Waals surface area (Å²) >= 11 is 6.64. The van der Waals surface area contributed by atoms with E-state index in [0.29, 0.717) is 5.69 Å². The molecule has 0 radical (unpaired) electrons. The quantitative estimate of drug-likeness (QED) is 0.694. The van der Waals surface area contributed by atoms with Gasteiger partial charge in [0.25, 0.3) is 0 Å². The van der Waals surface area contributed by atoms with E-state index in [1.807, 2.05) is 23.6 Å². The molecule has 2 aromatic heterocycles. The van der Waals surface area contributed by atoms with Gasteiger partial charge in [0, 0.05) is 0 Å². The molecule has 96 valence electrons. The minimum atomic E-state index is -0.531. The van der Waals surface area contributed by atoms with Gasteiger partial charge in [-0.05, 0) is 24.4 Å².